The molecular weight excluding hydrogens is 348 g/mol. The van der Waals surface area contributed by atoms with Crippen LogP contribution in [0.4, 0.5) is 11.4 Å². The topological polar surface area (TPSA) is 50.4 Å². The van der Waals surface area contributed by atoms with Crippen molar-refractivity contribution in [3.8, 4) is 5.75 Å². The molecule has 0 fully saturated rings. The number of carbonyl (C=O) groups excluding carboxylic acids is 1. The highest BCUT2D eigenvalue weighted by atomic mass is 35.5. The van der Waals surface area contributed by atoms with Crippen LogP contribution < -0.4 is 15.4 Å². The number of hydrogen-bond acceptors (Lipinski definition) is 3. The molecule has 132 valence electrons. The van der Waals surface area contributed by atoms with E-state index in [1.807, 2.05) is 78.9 Å². The monoisotopic (exact) mass is 366 g/mol. The molecule has 0 saturated heterocycles. The van der Waals surface area contributed by atoms with Gasteiger partial charge in [0, 0.05) is 22.9 Å². The molecule has 0 aliphatic carbocycles. The first-order chi connectivity index (χ1) is 12.7. The Bertz CT molecular complexity index is 834. The van der Waals surface area contributed by atoms with Gasteiger partial charge in [0.1, 0.15) is 5.75 Å². The van der Waals surface area contributed by atoms with E-state index in [9.17, 15) is 4.79 Å². The Morgan fingerprint density at radius 1 is 0.846 bits per heavy atom. The lowest BCUT2D eigenvalue weighted by molar-refractivity contribution is -0.118. The minimum Gasteiger partial charge on any atom is -0.484 e. The molecule has 0 aliphatic heterocycles. The number of nitrogens with one attached hydrogen (secondary N) is 2. The summed E-state index contributed by atoms with van der Waals surface area (Å²) >= 11 is 5.88. The SMILES string of the molecule is O=C(COc1ccccc1)Nc1ccc(NCc2ccc(Cl)cc2)cc1. The average molecular weight is 367 g/mol. The summed E-state index contributed by atoms with van der Waals surface area (Å²) in [6.07, 6.45) is 0. The molecule has 4 nitrogen and oxygen atoms in total. The van der Waals surface area contributed by atoms with E-state index >= 15 is 0 Å². The molecule has 5 heteroatoms. The van der Waals surface area contributed by atoms with Crippen LogP contribution in [0.25, 0.3) is 0 Å². The maximum absolute atomic E-state index is 11.9. The minimum absolute atomic E-state index is 0.0272. The summed E-state index contributed by atoms with van der Waals surface area (Å²) in [5.41, 5.74) is 2.84. The third-order valence-corrected chi connectivity index (χ3v) is 3.94. The molecule has 3 rings (SSSR count). The van der Waals surface area contributed by atoms with E-state index in [-0.39, 0.29) is 12.5 Å². The van der Waals surface area contributed by atoms with Crippen LogP contribution in [-0.4, -0.2) is 12.5 Å². The smallest absolute Gasteiger partial charge is 0.262 e. The standard InChI is InChI=1S/C21H19ClN2O2/c22-17-8-6-16(7-9-17)14-23-18-10-12-19(13-11-18)24-21(25)15-26-20-4-2-1-3-5-20/h1-13,23H,14-15H2,(H,24,25). The lowest BCUT2D eigenvalue weighted by Gasteiger charge is -2.10. The number of halogens is 1. The van der Waals surface area contributed by atoms with Crippen LogP contribution in [0.5, 0.6) is 5.75 Å². The van der Waals surface area contributed by atoms with E-state index in [2.05, 4.69) is 10.6 Å². The molecule has 0 radical (unpaired) electrons. The summed E-state index contributed by atoms with van der Waals surface area (Å²) in [5, 5.41) is 6.87. The molecule has 0 aliphatic rings. The highest BCUT2D eigenvalue weighted by Crippen LogP contribution is 2.16. The number of amides is 1. The fourth-order valence-electron chi connectivity index (χ4n) is 2.34. The molecule has 0 aromatic heterocycles. The van der Waals surface area contributed by atoms with Crippen molar-refractivity contribution in [2.45, 2.75) is 6.54 Å². The summed E-state index contributed by atoms with van der Waals surface area (Å²) in [6.45, 7) is 0.675. The van der Waals surface area contributed by atoms with Crippen molar-refractivity contribution in [2.75, 3.05) is 17.2 Å². The molecular formula is C21H19ClN2O2. The normalized spacial score (nSPS) is 10.2. The van der Waals surface area contributed by atoms with E-state index < -0.39 is 0 Å². The number of anilines is 2. The fraction of sp³-hybridized carbons (Fsp3) is 0.0952. The Labute approximate surface area is 157 Å². The minimum atomic E-state index is -0.198. The largest absolute Gasteiger partial charge is 0.484 e. The molecule has 3 aromatic carbocycles. The van der Waals surface area contributed by atoms with Gasteiger partial charge in [0.15, 0.2) is 6.61 Å². The molecule has 0 bridgehead atoms. The van der Waals surface area contributed by atoms with Crippen molar-refractivity contribution in [1.82, 2.24) is 0 Å². The summed E-state index contributed by atoms with van der Waals surface area (Å²) in [6, 6.07) is 24.5. The first kappa shape index (κ1) is 17.8. The second-order valence-corrected chi connectivity index (χ2v) is 6.14. The number of carbonyl (C=O) groups is 1. The summed E-state index contributed by atoms with van der Waals surface area (Å²) in [4.78, 5) is 11.9. The van der Waals surface area contributed by atoms with Crippen molar-refractivity contribution < 1.29 is 9.53 Å². The van der Waals surface area contributed by atoms with Gasteiger partial charge in [-0.1, -0.05) is 41.9 Å². The van der Waals surface area contributed by atoms with Gasteiger partial charge < -0.3 is 15.4 Å². The lowest BCUT2D eigenvalue weighted by atomic mass is 10.2. The Kier molecular flexibility index (Phi) is 6.12. The van der Waals surface area contributed by atoms with Crippen LogP contribution in [-0.2, 0) is 11.3 Å². The highest BCUT2D eigenvalue weighted by Gasteiger charge is 2.04. The predicted octanol–water partition coefficient (Wildman–Crippen LogP) is 4.97. The van der Waals surface area contributed by atoms with Gasteiger partial charge in [-0.25, -0.2) is 0 Å². The van der Waals surface area contributed by atoms with Crippen molar-refractivity contribution in [2.24, 2.45) is 0 Å². The third-order valence-electron chi connectivity index (χ3n) is 3.69. The second-order valence-electron chi connectivity index (χ2n) is 5.71. The van der Waals surface area contributed by atoms with E-state index in [1.54, 1.807) is 0 Å². The molecule has 0 atom stereocenters. The molecule has 1 amide bonds. The Balaban J connectivity index is 1.46. The molecule has 2 N–H and O–H groups in total. The molecule has 0 unspecified atom stereocenters. The van der Waals surface area contributed by atoms with E-state index in [1.165, 1.54) is 0 Å². The lowest BCUT2D eigenvalue weighted by Crippen LogP contribution is -2.20. The van der Waals surface area contributed by atoms with Gasteiger partial charge in [-0.2, -0.15) is 0 Å². The maximum Gasteiger partial charge on any atom is 0.262 e. The molecule has 26 heavy (non-hydrogen) atoms. The zero-order valence-corrected chi connectivity index (χ0v) is 14.9. The molecule has 0 spiro atoms. The van der Waals surface area contributed by atoms with Crippen LogP contribution in [0, 0.1) is 0 Å². The Hall–Kier alpha value is -2.98. The summed E-state index contributed by atoms with van der Waals surface area (Å²) in [7, 11) is 0. The van der Waals surface area contributed by atoms with Crippen molar-refractivity contribution >= 4 is 28.9 Å². The fourth-order valence-corrected chi connectivity index (χ4v) is 2.47. The van der Waals surface area contributed by atoms with Gasteiger partial charge >= 0.3 is 0 Å². The van der Waals surface area contributed by atoms with Crippen molar-refractivity contribution in [1.29, 1.82) is 0 Å². The first-order valence-electron chi connectivity index (χ1n) is 8.25. The van der Waals surface area contributed by atoms with Crippen LogP contribution in [0.2, 0.25) is 5.02 Å². The number of rotatable bonds is 7. The number of ether oxygens (including phenoxy) is 1. The molecule has 0 heterocycles. The Morgan fingerprint density at radius 3 is 2.19 bits per heavy atom. The van der Waals surface area contributed by atoms with Gasteiger partial charge in [-0.15, -0.1) is 0 Å². The average Bonchev–Trinajstić information content (AvgIpc) is 2.68. The van der Waals surface area contributed by atoms with E-state index in [0.717, 1.165) is 22.0 Å². The summed E-state index contributed by atoms with van der Waals surface area (Å²) < 4.78 is 5.43. The highest BCUT2D eigenvalue weighted by molar-refractivity contribution is 6.30. The van der Waals surface area contributed by atoms with Gasteiger partial charge in [-0.05, 0) is 54.1 Å². The zero-order chi connectivity index (χ0) is 18.2. The maximum atomic E-state index is 11.9. The van der Waals surface area contributed by atoms with Crippen LogP contribution >= 0.6 is 11.6 Å². The van der Waals surface area contributed by atoms with Gasteiger partial charge in [-0.3, -0.25) is 4.79 Å². The summed E-state index contributed by atoms with van der Waals surface area (Å²) in [5.74, 6) is 0.472. The van der Waals surface area contributed by atoms with E-state index in [0.29, 0.717) is 12.3 Å². The van der Waals surface area contributed by atoms with E-state index in [4.69, 9.17) is 16.3 Å². The van der Waals surface area contributed by atoms with Crippen LogP contribution in [0.1, 0.15) is 5.56 Å². The van der Waals surface area contributed by atoms with Crippen molar-refractivity contribution in [3.63, 3.8) is 0 Å². The number of hydrogen-bond donors (Lipinski definition) is 2. The van der Waals surface area contributed by atoms with Gasteiger partial charge in [0.25, 0.3) is 5.91 Å². The third kappa shape index (κ3) is 5.53. The Morgan fingerprint density at radius 2 is 1.50 bits per heavy atom. The zero-order valence-electron chi connectivity index (χ0n) is 14.1. The number of para-hydroxylation sites is 1. The second kappa shape index (κ2) is 8.92. The number of benzene rings is 3. The first-order valence-corrected chi connectivity index (χ1v) is 8.63. The molecule has 0 saturated carbocycles. The van der Waals surface area contributed by atoms with Crippen LogP contribution in [0.15, 0.2) is 78.9 Å². The van der Waals surface area contributed by atoms with Gasteiger partial charge in [0.05, 0.1) is 0 Å². The predicted molar refractivity (Wildman–Crippen MR) is 106 cm³/mol. The van der Waals surface area contributed by atoms with Crippen LogP contribution in [0.3, 0.4) is 0 Å². The van der Waals surface area contributed by atoms with Crippen molar-refractivity contribution in [3.05, 3.63) is 89.4 Å². The molecule has 3 aromatic rings. The quantitative estimate of drug-likeness (QED) is 0.620. The van der Waals surface area contributed by atoms with Gasteiger partial charge in [0.2, 0.25) is 0 Å².